The van der Waals surface area contributed by atoms with Gasteiger partial charge >= 0.3 is 0 Å². The molecule has 18 heavy (non-hydrogen) atoms. The normalized spacial score (nSPS) is 10.3. The van der Waals surface area contributed by atoms with Crippen LogP contribution in [0.3, 0.4) is 0 Å². The average molecular weight is 263 g/mol. The molecule has 0 N–H and O–H groups in total. The lowest BCUT2D eigenvalue weighted by molar-refractivity contribution is 0.581. The lowest BCUT2D eigenvalue weighted by atomic mass is 10.1. The number of tetrazole rings is 1. The number of aromatic nitrogens is 4. The number of rotatable bonds is 4. The predicted molar refractivity (Wildman–Crippen MR) is 64.2 cm³/mol. The molecule has 1 heterocycles. The molecule has 0 fully saturated rings. The summed E-state index contributed by atoms with van der Waals surface area (Å²) < 4.78 is 15.3. The Bertz CT molecular complexity index is 589. The second-order valence-electron chi connectivity index (χ2n) is 3.48. The number of nitriles is 1. The van der Waals surface area contributed by atoms with Gasteiger partial charge in [-0.05, 0) is 35.0 Å². The van der Waals surface area contributed by atoms with Gasteiger partial charge in [0.05, 0.1) is 11.6 Å². The van der Waals surface area contributed by atoms with E-state index in [1.54, 1.807) is 16.8 Å². The molecule has 2 aromatic rings. The Kier molecular flexibility index (Phi) is 3.89. The van der Waals surface area contributed by atoms with Gasteiger partial charge in [0.1, 0.15) is 5.82 Å². The first kappa shape index (κ1) is 12.5. The van der Waals surface area contributed by atoms with E-state index in [4.69, 9.17) is 5.26 Å². The van der Waals surface area contributed by atoms with Crippen molar-refractivity contribution in [2.75, 3.05) is 0 Å². The Morgan fingerprint density at radius 2 is 2.33 bits per heavy atom. The zero-order valence-electron chi connectivity index (χ0n) is 9.67. The van der Waals surface area contributed by atoms with Gasteiger partial charge in [-0.2, -0.15) is 5.26 Å². The Balaban J connectivity index is 2.09. The van der Waals surface area contributed by atoms with Gasteiger partial charge in [-0.1, -0.05) is 17.8 Å². The van der Waals surface area contributed by atoms with Gasteiger partial charge in [-0.25, -0.2) is 9.07 Å². The van der Waals surface area contributed by atoms with Crippen molar-refractivity contribution in [3.8, 4) is 6.07 Å². The maximum Gasteiger partial charge on any atom is 0.209 e. The molecule has 0 amide bonds. The van der Waals surface area contributed by atoms with Gasteiger partial charge in [0.2, 0.25) is 5.16 Å². The fraction of sp³-hybridized carbons (Fsp3) is 0.273. The Morgan fingerprint density at radius 1 is 1.50 bits per heavy atom. The molecular formula is C11H10FN5S. The highest BCUT2D eigenvalue weighted by molar-refractivity contribution is 7.98. The van der Waals surface area contributed by atoms with E-state index in [0.29, 0.717) is 28.6 Å². The third-order valence-electron chi connectivity index (χ3n) is 2.34. The SMILES string of the molecule is CCn1nnnc1SCc1ccc(C#N)cc1F. The van der Waals surface area contributed by atoms with Crippen LogP contribution in [0.1, 0.15) is 18.1 Å². The summed E-state index contributed by atoms with van der Waals surface area (Å²) in [5.41, 5.74) is 0.851. The molecule has 7 heteroatoms. The van der Waals surface area contributed by atoms with E-state index in [1.807, 2.05) is 13.0 Å². The number of thioether (sulfide) groups is 1. The quantitative estimate of drug-likeness (QED) is 0.789. The minimum Gasteiger partial charge on any atom is -0.221 e. The van der Waals surface area contributed by atoms with Crippen LogP contribution in [0.5, 0.6) is 0 Å². The van der Waals surface area contributed by atoms with E-state index in [0.717, 1.165) is 0 Å². The van der Waals surface area contributed by atoms with Gasteiger partial charge in [0, 0.05) is 12.3 Å². The molecule has 1 aromatic carbocycles. The fourth-order valence-electron chi connectivity index (χ4n) is 1.37. The highest BCUT2D eigenvalue weighted by atomic mass is 32.2. The summed E-state index contributed by atoms with van der Waals surface area (Å²) in [4.78, 5) is 0. The maximum atomic E-state index is 13.6. The van der Waals surface area contributed by atoms with Crippen LogP contribution < -0.4 is 0 Å². The Morgan fingerprint density at radius 3 is 3.00 bits per heavy atom. The number of hydrogen-bond donors (Lipinski definition) is 0. The molecule has 92 valence electrons. The number of nitrogens with zero attached hydrogens (tertiary/aromatic N) is 5. The van der Waals surface area contributed by atoms with Gasteiger partial charge < -0.3 is 0 Å². The molecule has 0 atom stereocenters. The second kappa shape index (κ2) is 5.60. The van der Waals surface area contributed by atoms with Crippen LogP contribution in [0.2, 0.25) is 0 Å². The fourth-order valence-corrected chi connectivity index (χ4v) is 2.30. The zero-order chi connectivity index (χ0) is 13.0. The highest BCUT2D eigenvalue weighted by Crippen LogP contribution is 2.22. The molecule has 0 saturated heterocycles. The topological polar surface area (TPSA) is 67.4 Å². The summed E-state index contributed by atoms with van der Waals surface area (Å²) in [6.07, 6.45) is 0. The summed E-state index contributed by atoms with van der Waals surface area (Å²) >= 11 is 1.36. The largest absolute Gasteiger partial charge is 0.221 e. The minimum atomic E-state index is -0.378. The zero-order valence-corrected chi connectivity index (χ0v) is 10.5. The van der Waals surface area contributed by atoms with Gasteiger partial charge in [-0.15, -0.1) is 5.10 Å². The first-order chi connectivity index (χ1) is 8.74. The molecule has 0 aliphatic rings. The summed E-state index contributed by atoms with van der Waals surface area (Å²) in [5, 5.41) is 20.5. The molecule has 0 aliphatic carbocycles. The first-order valence-electron chi connectivity index (χ1n) is 5.32. The lowest BCUT2D eigenvalue weighted by Gasteiger charge is -2.03. The molecule has 5 nitrogen and oxygen atoms in total. The molecular weight excluding hydrogens is 253 g/mol. The molecule has 1 aromatic heterocycles. The molecule has 0 unspecified atom stereocenters. The first-order valence-corrected chi connectivity index (χ1v) is 6.30. The van der Waals surface area contributed by atoms with Crippen molar-refractivity contribution in [2.24, 2.45) is 0 Å². The van der Waals surface area contributed by atoms with E-state index in [1.165, 1.54) is 17.8 Å². The summed E-state index contributed by atoms with van der Waals surface area (Å²) in [5.74, 6) is 0.0508. The highest BCUT2D eigenvalue weighted by Gasteiger charge is 2.08. The Labute approximate surface area is 108 Å². The van der Waals surface area contributed by atoms with Crippen LogP contribution in [-0.4, -0.2) is 20.2 Å². The summed E-state index contributed by atoms with van der Waals surface area (Å²) in [7, 11) is 0. The van der Waals surface area contributed by atoms with Crippen molar-refractivity contribution in [3.63, 3.8) is 0 Å². The molecule has 0 bridgehead atoms. The maximum absolute atomic E-state index is 13.6. The van der Waals surface area contributed by atoms with Crippen molar-refractivity contribution in [2.45, 2.75) is 24.4 Å². The van der Waals surface area contributed by atoms with Crippen LogP contribution in [0.15, 0.2) is 23.4 Å². The monoisotopic (exact) mass is 263 g/mol. The van der Waals surface area contributed by atoms with Crippen molar-refractivity contribution in [3.05, 3.63) is 35.1 Å². The third kappa shape index (κ3) is 2.65. The van der Waals surface area contributed by atoms with Crippen molar-refractivity contribution in [1.82, 2.24) is 20.2 Å². The summed E-state index contributed by atoms with van der Waals surface area (Å²) in [6.45, 7) is 2.61. The van der Waals surface area contributed by atoms with Gasteiger partial charge in [-0.3, -0.25) is 0 Å². The average Bonchev–Trinajstić information content (AvgIpc) is 2.84. The Hall–Kier alpha value is -1.94. The number of hydrogen-bond acceptors (Lipinski definition) is 5. The summed E-state index contributed by atoms with van der Waals surface area (Å²) in [6, 6.07) is 6.35. The number of aryl methyl sites for hydroxylation is 1. The van der Waals surface area contributed by atoms with Crippen LogP contribution in [0.4, 0.5) is 4.39 Å². The van der Waals surface area contributed by atoms with Crippen molar-refractivity contribution < 1.29 is 4.39 Å². The van der Waals surface area contributed by atoms with Crippen molar-refractivity contribution >= 4 is 11.8 Å². The van der Waals surface area contributed by atoms with Crippen molar-refractivity contribution in [1.29, 1.82) is 5.26 Å². The van der Waals surface area contributed by atoms with E-state index in [-0.39, 0.29) is 5.82 Å². The third-order valence-corrected chi connectivity index (χ3v) is 3.34. The number of halogens is 1. The van der Waals surface area contributed by atoms with E-state index in [9.17, 15) is 4.39 Å². The van der Waals surface area contributed by atoms with Crippen LogP contribution in [0, 0.1) is 17.1 Å². The smallest absolute Gasteiger partial charge is 0.209 e. The van der Waals surface area contributed by atoms with E-state index in [2.05, 4.69) is 15.5 Å². The van der Waals surface area contributed by atoms with E-state index < -0.39 is 0 Å². The minimum absolute atomic E-state index is 0.319. The van der Waals surface area contributed by atoms with Crippen LogP contribution in [-0.2, 0) is 12.3 Å². The van der Waals surface area contributed by atoms with Crippen LogP contribution >= 0.6 is 11.8 Å². The van der Waals surface area contributed by atoms with E-state index >= 15 is 0 Å². The molecule has 2 rings (SSSR count). The lowest BCUT2D eigenvalue weighted by Crippen LogP contribution is -1.99. The van der Waals surface area contributed by atoms with Crippen LogP contribution in [0.25, 0.3) is 0 Å². The molecule has 0 spiro atoms. The van der Waals surface area contributed by atoms with Gasteiger partial charge in [0.25, 0.3) is 0 Å². The van der Waals surface area contributed by atoms with Gasteiger partial charge in [0.15, 0.2) is 0 Å². The standard InChI is InChI=1S/C11H10FN5S/c1-2-17-11(14-15-16-17)18-7-9-4-3-8(6-13)5-10(9)12/h3-5H,2,7H2,1H3. The predicted octanol–water partition coefficient (Wildman–Crippen LogP) is 2.00. The molecule has 0 radical (unpaired) electrons. The number of benzene rings is 1. The molecule has 0 saturated carbocycles. The molecule has 0 aliphatic heterocycles. The second-order valence-corrected chi connectivity index (χ2v) is 4.43.